The van der Waals surface area contributed by atoms with E-state index in [1.807, 2.05) is 0 Å². The van der Waals surface area contributed by atoms with E-state index in [4.69, 9.17) is 4.98 Å². The van der Waals surface area contributed by atoms with Crippen LogP contribution in [0.25, 0.3) is 11.0 Å². The molecule has 21 heavy (non-hydrogen) atoms. The Hall–Kier alpha value is -1.74. The molecule has 0 aliphatic carbocycles. The van der Waals surface area contributed by atoms with Crippen molar-refractivity contribution in [3.05, 3.63) is 65.0 Å². The fourth-order valence-electron chi connectivity index (χ4n) is 2.63. The smallest absolute Gasteiger partial charge is 0.110 e. The minimum Gasteiger partial charge on any atom is -0.323 e. The summed E-state index contributed by atoms with van der Waals surface area (Å²) in [6.45, 7) is 5.09. The molecule has 0 spiro atoms. The Morgan fingerprint density at radius 3 is 2.43 bits per heavy atom. The number of rotatable bonds is 4. The molecule has 2 aromatic carbocycles. The molecule has 0 fully saturated rings. The van der Waals surface area contributed by atoms with Crippen LogP contribution >= 0.6 is 12.6 Å². The van der Waals surface area contributed by atoms with Gasteiger partial charge in [0.1, 0.15) is 5.82 Å². The molecular formula is C18H20N2S. The van der Waals surface area contributed by atoms with E-state index >= 15 is 0 Å². The molecule has 3 rings (SSSR count). The molecule has 2 nitrogen and oxygen atoms in total. The highest BCUT2D eigenvalue weighted by Gasteiger charge is 2.10. The predicted octanol–water partition coefficient (Wildman–Crippen LogP) is 4.17. The van der Waals surface area contributed by atoms with E-state index in [2.05, 4.69) is 73.5 Å². The van der Waals surface area contributed by atoms with Crippen molar-refractivity contribution in [3.63, 3.8) is 0 Å². The number of fused-ring (bicyclic) bond motifs is 1. The minimum absolute atomic E-state index is 0.816. The lowest BCUT2D eigenvalue weighted by molar-refractivity contribution is 0.756. The third-order valence-electron chi connectivity index (χ3n) is 3.78. The largest absolute Gasteiger partial charge is 0.323 e. The van der Waals surface area contributed by atoms with Gasteiger partial charge in [0.05, 0.1) is 11.0 Å². The normalized spacial score (nSPS) is 11.2. The van der Waals surface area contributed by atoms with Gasteiger partial charge in [-0.1, -0.05) is 35.9 Å². The molecule has 0 bridgehead atoms. The Labute approximate surface area is 131 Å². The zero-order valence-electron chi connectivity index (χ0n) is 12.5. The van der Waals surface area contributed by atoms with Crippen molar-refractivity contribution in [2.45, 2.75) is 26.8 Å². The standard InChI is InChI=1S/C18H20N2S/c1-13-3-6-15(7-4-13)12-20-17-8-5-14(2)11-16(17)19-18(20)9-10-21/h3-8,11,21H,9-10,12H2,1-2H3. The van der Waals surface area contributed by atoms with Gasteiger partial charge in [0, 0.05) is 13.0 Å². The number of benzene rings is 2. The second-order valence-electron chi connectivity index (χ2n) is 5.57. The molecule has 0 aliphatic rings. The maximum atomic E-state index is 4.79. The second-order valence-corrected chi connectivity index (χ2v) is 6.01. The van der Waals surface area contributed by atoms with Crippen LogP contribution in [-0.4, -0.2) is 15.3 Å². The number of nitrogens with zero attached hydrogens (tertiary/aromatic N) is 2. The molecule has 0 radical (unpaired) electrons. The zero-order chi connectivity index (χ0) is 14.8. The lowest BCUT2D eigenvalue weighted by Gasteiger charge is -2.09. The van der Waals surface area contributed by atoms with Crippen LogP contribution < -0.4 is 0 Å². The number of aryl methyl sites for hydroxylation is 3. The second kappa shape index (κ2) is 5.94. The number of aromatic nitrogens is 2. The molecule has 3 aromatic rings. The molecule has 0 amide bonds. The molecule has 0 aliphatic heterocycles. The molecule has 0 saturated carbocycles. The van der Waals surface area contributed by atoms with Crippen LogP contribution in [0.1, 0.15) is 22.5 Å². The maximum absolute atomic E-state index is 4.79. The van der Waals surface area contributed by atoms with Crippen LogP contribution in [0.5, 0.6) is 0 Å². The van der Waals surface area contributed by atoms with E-state index < -0.39 is 0 Å². The van der Waals surface area contributed by atoms with Gasteiger partial charge in [0.25, 0.3) is 0 Å². The number of thiol groups is 1. The van der Waals surface area contributed by atoms with Gasteiger partial charge in [-0.05, 0) is 42.9 Å². The van der Waals surface area contributed by atoms with E-state index in [1.54, 1.807) is 0 Å². The van der Waals surface area contributed by atoms with Crippen LogP contribution in [0.2, 0.25) is 0 Å². The van der Waals surface area contributed by atoms with Crippen molar-refractivity contribution in [3.8, 4) is 0 Å². The van der Waals surface area contributed by atoms with E-state index in [-0.39, 0.29) is 0 Å². The first kappa shape index (κ1) is 14.2. The van der Waals surface area contributed by atoms with E-state index in [1.165, 1.54) is 22.2 Å². The van der Waals surface area contributed by atoms with Gasteiger partial charge < -0.3 is 4.57 Å². The van der Waals surface area contributed by atoms with Crippen LogP contribution in [0.15, 0.2) is 42.5 Å². The van der Waals surface area contributed by atoms with Gasteiger partial charge in [-0.15, -0.1) is 0 Å². The zero-order valence-corrected chi connectivity index (χ0v) is 13.4. The Balaban J connectivity index is 2.06. The quantitative estimate of drug-likeness (QED) is 0.715. The summed E-state index contributed by atoms with van der Waals surface area (Å²) < 4.78 is 2.32. The molecule has 1 aromatic heterocycles. The SMILES string of the molecule is Cc1ccc(Cn2c(CCS)nc3cc(C)ccc32)cc1. The first-order chi connectivity index (χ1) is 10.2. The maximum Gasteiger partial charge on any atom is 0.110 e. The molecule has 0 atom stereocenters. The molecule has 0 N–H and O–H groups in total. The van der Waals surface area contributed by atoms with E-state index in [0.717, 1.165) is 30.1 Å². The molecule has 108 valence electrons. The van der Waals surface area contributed by atoms with E-state index in [9.17, 15) is 0 Å². The highest BCUT2D eigenvalue weighted by Crippen LogP contribution is 2.20. The Bertz CT molecular complexity index is 757. The topological polar surface area (TPSA) is 17.8 Å². The highest BCUT2D eigenvalue weighted by atomic mass is 32.1. The summed E-state index contributed by atoms with van der Waals surface area (Å²) in [5, 5.41) is 0. The summed E-state index contributed by atoms with van der Waals surface area (Å²) in [5.74, 6) is 1.93. The van der Waals surface area contributed by atoms with E-state index in [0.29, 0.717) is 0 Å². The van der Waals surface area contributed by atoms with Gasteiger partial charge >= 0.3 is 0 Å². The average molecular weight is 296 g/mol. The van der Waals surface area contributed by atoms with Crippen LogP contribution in [-0.2, 0) is 13.0 Å². The number of imidazole rings is 1. The van der Waals surface area contributed by atoms with Crippen molar-refractivity contribution in [1.82, 2.24) is 9.55 Å². The number of hydrogen-bond acceptors (Lipinski definition) is 2. The summed E-state index contributed by atoms with van der Waals surface area (Å²) in [4.78, 5) is 4.79. The van der Waals surface area contributed by atoms with Crippen LogP contribution in [0, 0.1) is 13.8 Å². The molecular weight excluding hydrogens is 276 g/mol. The van der Waals surface area contributed by atoms with Gasteiger partial charge in [-0.3, -0.25) is 0 Å². The summed E-state index contributed by atoms with van der Waals surface area (Å²) in [6.07, 6.45) is 0.892. The summed E-state index contributed by atoms with van der Waals surface area (Å²) in [7, 11) is 0. The summed E-state index contributed by atoms with van der Waals surface area (Å²) in [6, 6.07) is 15.2. The monoisotopic (exact) mass is 296 g/mol. The van der Waals surface area contributed by atoms with Crippen molar-refractivity contribution < 1.29 is 0 Å². The first-order valence-corrected chi connectivity index (χ1v) is 7.93. The highest BCUT2D eigenvalue weighted by molar-refractivity contribution is 7.80. The fraction of sp³-hybridized carbons (Fsp3) is 0.278. The summed E-state index contributed by atoms with van der Waals surface area (Å²) >= 11 is 4.37. The van der Waals surface area contributed by atoms with Crippen molar-refractivity contribution in [1.29, 1.82) is 0 Å². The molecule has 1 heterocycles. The fourth-order valence-corrected chi connectivity index (χ4v) is 2.83. The third kappa shape index (κ3) is 2.98. The van der Waals surface area contributed by atoms with Crippen LogP contribution in [0.3, 0.4) is 0 Å². The lowest BCUT2D eigenvalue weighted by Crippen LogP contribution is -2.06. The predicted molar refractivity (Wildman–Crippen MR) is 92.3 cm³/mol. The van der Waals surface area contributed by atoms with Gasteiger partial charge in [-0.25, -0.2) is 4.98 Å². The average Bonchev–Trinajstić information content (AvgIpc) is 2.79. The van der Waals surface area contributed by atoms with Crippen molar-refractivity contribution >= 4 is 23.7 Å². The van der Waals surface area contributed by atoms with Gasteiger partial charge in [0.15, 0.2) is 0 Å². The van der Waals surface area contributed by atoms with Crippen molar-refractivity contribution in [2.75, 3.05) is 5.75 Å². The first-order valence-electron chi connectivity index (χ1n) is 7.29. The molecule has 3 heteroatoms. The van der Waals surface area contributed by atoms with Crippen molar-refractivity contribution in [2.24, 2.45) is 0 Å². The van der Waals surface area contributed by atoms with Gasteiger partial charge in [0.2, 0.25) is 0 Å². The Morgan fingerprint density at radius 2 is 1.71 bits per heavy atom. The Kier molecular flexibility index (Phi) is 4.02. The third-order valence-corrected chi connectivity index (χ3v) is 4.00. The minimum atomic E-state index is 0.816. The lowest BCUT2D eigenvalue weighted by atomic mass is 10.1. The molecule has 0 unspecified atom stereocenters. The van der Waals surface area contributed by atoms with Gasteiger partial charge in [-0.2, -0.15) is 12.6 Å². The summed E-state index contributed by atoms with van der Waals surface area (Å²) in [5.41, 5.74) is 6.14. The molecule has 0 saturated heterocycles. The van der Waals surface area contributed by atoms with Crippen LogP contribution in [0.4, 0.5) is 0 Å². The Morgan fingerprint density at radius 1 is 1.00 bits per heavy atom. The number of hydrogen-bond donors (Lipinski definition) is 1.